The summed E-state index contributed by atoms with van der Waals surface area (Å²) < 4.78 is 10.1. The maximum absolute atomic E-state index is 11.5. The molecule has 1 rings (SSSR count). The summed E-state index contributed by atoms with van der Waals surface area (Å²) in [4.78, 5) is 11.5. The molecule has 0 saturated heterocycles. The Bertz CT molecular complexity index is 419. The molecule has 5 heteroatoms. The number of rotatable bonds is 9. The molecule has 118 valence electrons. The lowest BCUT2D eigenvalue weighted by Gasteiger charge is -2.23. The Labute approximate surface area is 126 Å². The number of carbonyl (C=O) groups is 1. The molecule has 1 aromatic carbocycles. The van der Waals surface area contributed by atoms with Gasteiger partial charge >= 0.3 is 5.97 Å². The number of carbonyl (C=O) groups excluding carboxylic acids is 1. The standard InChI is InChI=1S/C16H25NO4/c1-4-10-17-14(11-15(18)20-3)16(19)12-6-8-13(9-7-12)21-5-2/h6-9,14,16-17,19H,4-5,10-11H2,1-3H3. The van der Waals surface area contributed by atoms with Gasteiger partial charge in [0.05, 0.1) is 26.2 Å². The summed E-state index contributed by atoms with van der Waals surface area (Å²) >= 11 is 0. The van der Waals surface area contributed by atoms with Crippen molar-refractivity contribution in [2.75, 3.05) is 20.3 Å². The highest BCUT2D eigenvalue weighted by Crippen LogP contribution is 2.22. The fourth-order valence-electron chi connectivity index (χ4n) is 2.05. The van der Waals surface area contributed by atoms with Gasteiger partial charge in [0.2, 0.25) is 0 Å². The topological polar surface area (TPSA) is 67.8 Å². The van der Waals surface area contributed by atoms with Crippen molar-refractivity contribution in [1.82, 2.24) is 5.32 Å². The number of aliphatic hydroxyl groups is 1. The smallest absolute Gasteiger partial charge is 0.307 e. The molecule has 0 spiro atoms. The quantitative estimate of drug-likeness (QED) is 0.683. The molecule has 0 saturated carbocycles. The Balaban J connectivity index is 2.77. The first-order chi connectivity index (χ1) is 10.1. The van der Waals surface area contributed by atoms with Crippen molar-refractivity contribution in [2.24, 2.45) is 0 Å². The lowest BCUT2D eigenvalue weighted by atomic mass is 9.99. The highest BCUT2D eigenvalue weighted by Gasteiger charge is 2.23. The average molecular weight is 295 g/mol. The molecule has 0 radical (unpaired) electrons. The molecule has 0 aliphatic heterocycles. The molecule has 0 bridgehead atoms. The highest BCUT2D eigenvalue weighted by atomic mass is 16.5. The van der Waals surface area contributed by atoms with Gasteiger partial charge in [0.1, 0.15) is 5.75 Å². The van der Waals surface area contributed by atoms with Gasteiger partial charge in [0, 0.05) is 6.04 Å². The van der Waals surface area contributed by atoms with Gasteiger partial charge in [-0.3, -0.25) is 4.79 Å². The SMILES string of the molecule is CCCNC(CC(=O)OC)C(O)c1ccc(OCC)cc1. The average Bonchev–Trinajstić information content (AvgIpc) is 2.51. The molecule has 0 aliphatic carbocycles. The minimum atomic E-state index is -0.772. The number of aliphatic hydroxyl groups excluding tert-OH is 1. The molecule has 0 aromatic heterocycles. The molecule has 1 aromatic rings. The van der Waals surface area contributed by atoms with E-state index in [1.807, 2.05) is 38.1 Å². The maximum Gasteiger partial charge on any atom is 0.307 e. The largest absolute Gasteiger partial charge is 0.494 e. The van der Waals surface area contributed by atoms with E-state index in [0.29, 0.717) is 6.61 Å². The van der Waals surface area contributed by atoms with Crippen LogP contribution in [-0.2, 0) is 9.53 Å². The van der Waals surface area contributed by atoms with Gasteiger partial charge < -0.3 is 19.9 Å². The van der Waals surface area contributed by atoms with Crippen LogP contribution in [0.1, 0.15) is 38.4 Å². The van der Waals surface area contributed by atoms with E-state index < -0.39 is 6.10 Å². The first-order valence-corrected chi connectivity index (χ1v) is 7.33. The lowest BCUT2D eigenvalue weighted by molar-refractivity contribution is -0.142. The molecule has 0 heterocycles. The molecule has 2 atom stereocenters. The number of esters is 1. The highest BCUT2D eigenvalue weighted by molar-refractivity contribution is 5.70. The predicted molar refractivity (Wildman–Crippen MR) is 81.3 cm³/mol. The molecular formula is C16H25NO4. The van der Waals surface area contributed by atoms with E-state index in [1.165, 1.54) is 7.11 Å². The minimum absolute atomic E-state index is 0.130. The van der Waals surface area contributed by atoms with Crippen LogP contribution >= 0.6 is 0 Å². The fraction of sp³-hybridized carbons (Fsp3) is 0.562. The third kappa shape index (κ3) is 5.73. The van der Waals surface area contributed by atoms with E-state index in [1.54, 1.807) is 0 Å². The summed E-state index contributed by atoms with van der Waals surface area (Å²) in [5.74, 6) is 0.424. The van der Waals surface area contributed by atoms with E-state index >= 15 is 0 Å². The second-order valence-corrected chi connectivity index (χ2v) is 4.79. The number of nitrogens with one attached hydrogen (secondary N) is 1. The Hall–Kier alpha value is -1.59. The van der Waals surface area contributed by atoms with Crippen LogP contribution in [0.15, 0.2) is 24.3 Å². The van der Waals surface area contributed by atoms with Gasteiger partial charge in [-0.1, -0.05) is 19.1 Å². The molecule has 2 N–H and O–H groups in total. The van der Waals surface area contributed by atoms with Gasteiger partial charge in [-0.05, 0) is 37.6 Å². The first-order valence-electron chi connectivity index (χ1n) is 7.33. The van der Waals surface area contributed by atoms with Crippen molar-refractivity contribution < 1.29 is 19.4 Å². The van der Waals surface area contributed by atoms with E-state index in [4.69, 9.17) is 4.74 Å². The van der Waals surface area contributed by atoms with Crippen LogP contribution < -0.4 is 10.1 Å². The van der Waals surface area contributed by atoms with E-state index in [9.17, 15) is 9.90 Å². The summed E-state index contributed by atoms with van der Waals surface area (Å²) in [6.07, 6.45) is 0.282. The molecule has 2 unspecified atom stereocenters. The fourth-order valence-corrected chi connectivity index (χ4v) is 2.05. The molecule has 0 aliphatic rings. The molecule has 0 fully saturated rings. The van der Waals surface area contributed by atoms with Crippen molar-refractivity contribution >= 4 is 5.97 Å². The summed E-state index contributed by atoms with van der Waals surface area (Å²) in [7, 11) is 1.35. The Morgan fingerprint density at radius 3 is 2.48 bits per heavy atom. The zero-order valence-corrected chi connectivity index (χ0v) is 13.0. The van der Waals surface area contributed by atoms with Crippen LogP contribution in [-0.4, -0.2) is 37.4 Å². The lowest BCUT2D eigenvalue weighted by Crippen LogP contribution is -2.37. The number of benzene rings is 1. The summed E-state index contributed by atoms with van der Waals surface area (Å²) in [6.45, 7) is 5.29. The second kappa shape index (κ2) is 9.37. The maximum atomic E-state index is 11.5. The molecular weight excluding hydrogens is 270 g/mol. The van der Waals surface area contributed by atoms with E-state index in [2.05, 4.69) is 10.1 Å². The van der Waals surface area contributed by atoms with Crippen LogP contribution in [0.2, 0.25) is 0 Å². The van der Waals surface area contributed by atoms with Gasteiger partial charge in [-0.15, -0.1) is 0 Å². The number of methoxy groups -OCH3 is 1. The predicted octanol–water partition coefficient (Wildman–Crippen LogP) is 2.05. The Morgan fingerprint density at radius 2 is 1.95 bits per heavy atom. The van der Waals surface area contributed by atoms with Gasteiger partial charge in [-0.25, -0.2) is 0 Å². The normalized spacial score (nSPS) is 13.5. The van der Waals surface area contributed by atoms with Crippen molar-refractivity contribution in [2.45, 2.75) is 38.8 Å². The Morgan fingerprint density at radius 1 is 1.29 bits per heavy atom. The Kier molecular flexibility index (Phi) is 7.79. The van der Waals surface area contributed by atoms with Crippen molar-refractivity contribution in [1.29, 1.82) is 0 Å². The molecule has 21 heavy (non-hydrogen) atoms. The van der Waals surface area contributed by atoms with Gasteiger partial charge in [-0.2, -0.15) is 0 Å². The first kappa shape index (κ1) is 17.5. The van der Waals surface area contributed by atoms with Crippen molar-refractivity contribution in [3.05, 3.63) is 29.8 Å². The van der Waals surface area contributed by atoms with Crippen molar-refractivity contribution in [3.63, 3.8) is 0 Å². The van der Waals surface area contributed by atoms with Crippen LogP contribution in [0, 0.1) is 0 Å². The second-order valence-electron chi connectivity index (χ2n) is 4.79. The molecule has 5 nitrogen and oxygen atoms in total. The third-order valence-corrected chi connectivity index (χ3v) is 3.18. The van der Waals surface area contributed by atoms with E-state index in [-0.39, 0.29) is 18.4 Å². The third-order valence-electron chi connectivity index (χ3n) is 3.18. The van der Waals surface area contributed by atoms with Crippen molar-refractivity contribution in [3.8, 4) is 5.75 Å². The minimum Gasteiger partial charge on any atom is -0.494 e. The monoisotopic (exact) mass is 295 g/mol. The number of hydrogen-bond donors (Lipinski definition) is 2. The number of ether oxygens (including phenoxy) is 2. The van der Waals surface area contributed by atoms with Gasteiger partial charge in [0.15, 0.2) is 0 Å². The zero-order valence-electron chi connectivity index (χ0n) is 13.0. The summed E-state index contributed by atoms with van der Waals surface area (Å²) in [5, 5.41) is 13.7. The molecule has 0 amide bonds. The van der Waals surface area contributed by atoms with E-state index in [0.717, 1.165) is 24.3 Å². The number of hydrogen-bond acceptors (Lipinski definition) is 5. The van der Waals surface area contributed by atoms with Crippen LogP contribution in [0.3, 0.4) is 0 Å². The summed E-state index contributed by atoms with van der Waals surface area (Å²) in [6, 6.07) is 6.89. The van der Waals surface area contributed by atoms with Crippen LogP contribution in [0.5, 0.6) is 5.75 Å². The zero-order chi connectivity index (χ0) is 15.7. The summed E-state index contributed by atoms with van der Waals surface area (Å²) in [5.41, 5.74) is 0.746. The van der Waals surface area contributed by atoms with Crippen LogP contribution in [0.25, 0.3) is 0 Å². The van der Waals surface area contributed by atoms with Crippen LogP contribution in [0.4, 0.5) is 0 Å². The van der Waals surface area contributed by atoms with Gasteiger partial charge in [0.25, 0.3) is 0 Å².